The van der Waals surface area contributed by atoms with Crippen LogP contribution >= 0.6 is 0 Å². The van der Waals surface area contributed by atoms with Crippen LogP contribution in [0.4, 0.5) is 4.39 Å². The minimum atomic E-state index is -3.58. The van der Waals surface area contributed by atoms with E-state index in [1.54, 1.807) is 0 Å². The highest BCUT2D eigenvalue weighted by atomic mass is 32.2. The Balaban J connectivity index is 3.73. The molecule has 0 aromatic rings. The average Bonchev–Trinajstić information content (AvgIpc) is 2.01. The maximum absolute atomic E-state index is 11.6. The number of oxime groups is 1. The summed E-state index contributed by atoms with van der Waals surface area (Å²) in [5.41, 5.74) is 0. The van der Waals surface area contributed by atoms with Crippen molar-refractivity contribution in [2.45, 2.75) is 19.8 Å². The van der Waals surface area contributed by atoms with E-state index in [0.29, 0.717) is 0 Å². The van der Waals surface area contributed by atoms with Gasteiger partial charge in [0, 0.05) is 6.21 Å². The van der Waals surface area contributed by atoms with Crippen molar-refractivity contribution < 1.29 is 17.1 Å². The van der Waals surface area contributed by atoms with Crippen molar-refractivity contribution in [3.8, 4) is 0 Å². The quantitative estimate of drug-likeness (QED) is 0.364. The maximum Gasteiger partial charge on any atom is 0.328 e. The third-order valence-corrected chi connectivity index (χ3v) is 2.14. The first-order valence-electron chi connectivity index (χ1n) is 3.57. The molecule has 0 aromatic heterocycles. The van der Waals surface area contributed by atoms with Crippen molar-refractivity contribution in [1.82, 2.24) is 0 Å². The van der Waals surface area contributed by atoms with Crippen molar-refractivity contribution in [2.75, 3.05) is 12.4 Å². The van der Waals surface area contributed by atoms with E-state index in [0.717, 1.165) is 0 Å². The third kappa shape index (κ3) is 6.09. The highest BCUT2D eigenvalue weighted by molar-refractivity contribution is 7.86. The summed E-state index contributed by atoms with van der Waals surface area (Å²) in [7, 11) is -3.58. The second-order valence-corrected chi connectivity index (χ2v) is 3.77. The second kappa shape index (κ2) is 5.93. The summed E-state index contributed by atoms with van der Waals surface area (Å²) in [5, 5.41) is 3.12. The number of hydrogen-bond donors (Lipinski definition) is 0. The van der Waals surface area contributed by atoms with Crippen LogP contribution in [0.3, 0.4) is 0 Å². The minimum absolute atomic E-state index is 0.186. The molecular weight excluding hydrogens is 185 g/mol. The number of hydrogen-bond acceptors (Lipinski definition) is 4. The Morgan fingerprint density at radius 3 is 2.67 bits per heavy atom. The fourth-order valence-electron chi connectivity index (χ4n) is 0.519. The van der Waals surface area contributed by atoms with Crippen LogP contribution in [0.5, 0.6) is 0 Å². The van der Waals surface area contributed by atoms with Crippen LogP contribution in [0.2, 0.25) is 0 Å². The molecule has 0 amide bonds. The molecule has 6 heteroatoms. The molecule has 0 bridgehead atoms. The molecular formula is C6H12FNO3S. The highest BCUT2D eigenvalue weighted by Gasteiger charge is 2.09. The molecule has 0 heterocycles. The first-order chi connectivity index (χ1) is 5.62. The summed E-state index contributed by atoms with van der Waals surface area (Å²) in [4.78, 5) is 0. The molecule has 0 aromatic carbocycles. The van der Waals surface area contributed by atoms with Crippen molar-refractivity contribution >= 4 is 16.3 Å². The summed E-state index contributed by atoms with van der Waals surface area (Å²) in [6, 6.07) is 0. The predicted octanol–water partition coefficient (Wildman–Crippen LogP) is 1.09. The van der Waals surface area contributed by atoms with Gasteiger partial charge in [-0.2, -0.15) is 8.42 Å². The molecule has 0 saturated heterocycles. The summed E-state index contributed by atoms with van der Waals surface area (Å²) in [6.45, 7) is 1.03. The molecule has 0 spiro atoms. The Bertz CT molecular complexity index is 225. The molecule has 0 atom stereocenters. The fraction of sp³-hybridized carbons (Fsp3) is 0.833. The van der Waals surface area contributed by atoms with Gasteiger partial charge in [0.05, 0.1) is 12.4 Å². The largest absolute Gasteiger partial charge is 0.328 e. The van der Waals surface area contributed by atoms with Crippen molar-refractivity contribution in [1.29, 1.82) is 0 Å². The van der Waals surface area contributed by atoms with Crippen molar-refractivity contribution in [3.05, 3.63) is 0 Å². The molecule has 0 unspecified atom stereocenters. The van der Waals surface area contributed by atoms with Gasteiger partial charge < -0.3 is 0 Å². The molecule has 72 valence electrons. The predicted molar refractivity (Wildman–Crippen MR) is 44.2 cm³/mol. The van der Waals surface area contributed by atoms with E-state index in [-0.39, 0.29) is 18.6 Å². The lowest BCUT2D eigenvalue weighted by Gasteiger charge is -1.98. The van der Waals surface area contributed by atoms with Crippen molar-refractivity contribution in [2.24, 2.45) is 5.16 Å². The van der Waals surface area contributed by atoms with Crippen LogP contribution in [0.25, 0.3) is 0 Å². The van der Waals surface area contributed by atoms with Crippen LogP contribution < -0.4 is 0 Å². The molecule has 12 heavy (non-hydrogen) atoms. The zero-order valence-electron chi connectivity index (χ0n) is 6.86. The van der Waals surface area contributed by atoms with Gasteiger partial charge in [-0.25, -0.2) is 0 Å². The van der Waals surface area contributed by atoms with Gasteiger partial charge in [0.1, 0.15) is 0 Å². The Kier molecular flexibility index (Phi) is 5.61. The first kappa shape index (κ1) is 11.4. The van der Waals surface area contributed by atoms with E-state index in [1.165, 1.54) is 13.1 Å². The van der Waals surface area contributed by atoms with Gasteiger partial charge in [-0.05, 0) is 19.8 Å². The molecule has 0 fully saturated rings. The summed E-state index contributed by atoms with van der Waals surface area (Å²) in [5.74, 6) is -0.186. The fourth-order valence-corrected chi connectivity index (χ4v) is 1.37. The van der Waals surface area contributed by atoms with E-state index >= 15 is 0 Å². The average molecular weight is 197 g/mol. The smallest absolute Gasteiger partial charge is 0.269 e. The molecule has 0 radical (unpaired) electrons. The number of halogens is 1. The monoisotopic (exact) mass is 197 g/mol. The van der Waals surface area contributed by atoms with Crippen LogP contribution in [0.1, 0.15) is 19.8 Å². The maximum atomic E-state index is 11.6. The number of alkyl halides is 1. The normalized spacial score (nSPS) is 12.2. The molecule has 0 saturated carbocycles. The SMILES string of the molecule is CC=NOS(=O)(=O)CCCCF. The number of unbranched alkanes of at least 4 members (excludes halogenated alkanes) is 1. The van der Waals surface area contributed by atoms with E-state index in [2.05, 4.69) is 9.44 Å². The highest BCUT2D eigenvalue weighted by Crippen LogP contribution is 1.99. The van der Waals surface area contributed by atoms with Crippen molar-refractivity contribution in [3.63, 3.8) is 0 Å². The lowest BCUT2D eigenvalue weighted by Crippen LogP contribution is -2.07. The van der Waals surface area contributed by atoms with Gasteiger partial charge in [-0.15, -0.1) is 0 Å². The van der Waals surface area contributed by atoms with Crippen LogP contribution in [0.15, 0.2) is 5.16 Å². The van der Waals surface area contributed by atoms with Crippen LogP contribution in [-0.2, 0) is 14.4 Å². The topological polar surface area (TPSA) is 55.7 Å². The number of rotatable bonds is 6. The molecule has 0 rings (SSSR count). The van der Waals surface area contributed by atoms with Crippen LogP contribution in [0, 0.1) is 0 Å². The zero-order chi connectivity index (χ0) is 9.45. The summed E-state index contributed by atoms with van der Waals surface area (Å²) in [6.07, 6.45) is 1.73. The van der Waals surface area contributed by atoms with Gasteiger partial charge in [0.2, 0.25) is 0 Å². The number of nitrogens with zero attached hydrogens (tertiary/aromatic N) is 1. The molecule has 4 nitrogen and oxygen atoms in total. The van der Waals surface area contributed by atoms with Gasteiger partial charge >= 0.3 is 10.1 Å². The molecule has 0 aliphatic carbocycles. The van der Waals surface area contributed by atoms with Gasteiger partial charge in [-0.1, -0.05) is 5.16 Å². The zero-order valence-corrected chi connectivity index (χ0v) is 7.68. The Labute approximate surface area is 71.5 Å². The van der Waals surface area contributed by atoms with Gasteiger partial charge in [0.15, 0.2) is 0 Å². The van der Waals surface area contributed by atoms with Gasteiger partial charge in [-0.3, -0.25) is 8.67 Å². The third-order valence-electron chi connectivity index (χ3n) is 1.04. The van der Waals surface area contributed by atoms with E-state index < -0.39 is 16.8 Å². The standard InChI is InChI=1S/C6H12FNO3S/c1-2-8-11-12(9,10)6-4-3-5-7/h2H,3-6H2,1H3. The minimum Gasteiger partial charge on any atom is -0.269 e. The second-order valence-electron chi connectivity index (χ2n) is 2.10. The lowest BCUT2D eigenvalue weighted by molar-refractivity contribution is 0.339. The molecule has 0 aliphatic heterocycles. The lowest BCUT2D eigenvalue weighted by atomic mass is 10.4. The van der Waals surface area contributed by atoms with Gasteiger partial charge in [0.25, 0.3) is 0 Å². The van der Waals surface area contributed by atoms with E-state index in [1.807, 2.05) is 0 Å². The Hall–Kier alpha value is -0.650. The molecule has 0 N–H and O–H groups in total. The Morgan fingerprint density at radius 1 is 1.50 bits per heavy atom. The summed E-state index contributed by atoms with van der Waals surface area (Å²) >= 11 is 0. The first-order valence-corrected chi connectivity index (χ1v) is 5.15. The van der Waals surface area contributed by atoms with Crippen LogP contribution in [-0.4, -0.2) is 27.1 Å². The molecule has 0 aliphatic rings. The van der Waals surface area contributed by atoms with E-state index in [4.69, 9.17) is 0 Å². The van der Waals surface area contributed by atoms with E-state index in [9.17, 15) is 12.8 Å². The Morgan fingerprint density at radius 2 is 2.17 bits per heavy atom. The summed E-state index contributed by atoms with van der Waals surface area (Å²) < 4.78 is 37.3.